The van der Waals surface area contributed by atoms with E-state index in [9.17, 15) is 0 Å². The Balaban J connectivity index is 0.00000137. The van der Waals surface area contributed by atoms with Crippen molar-refractivity contribution in [2.45, 2.75) is 59.8 Å². The van der Waals surface area contributed by atoms with E-state index in [-0.39, 0.29) is 0 Å². The molecule has 0 aromatic heterocycles. The molecule has 0 N–H and O–H groups in total. The molecule has 0 bridgehead atoms. The van der Waals surface area contributed by atoms with Gasteiger partial charge in [-0.3, -0.25) is 0 Å². The van der Waals surface area contributed by atoms with Crippen molar-refractivity contribution in [1.29, 1.82) is 0 Å². The van der Waals surface area contributed by atoms with Gasteiger partial charge in [0.05, 0.1) is 0 Å². The maximum Gasteiger partial charge on any atom is 0.0465 e. The lowest BCUT2D eigenvalue weighted by molar-refractivity contribution is 0.143. The van der Waals surface area contributed by atoms with Crippen molar-refractivity contribution in [3.8, 4) is 0 Å². The van der Waals surface area contributed by atoms with Gasteiger partial charge >= 0.3 is 0 Å². The van der Waals surface area contributed by atoms with Gasteiger partial charge in [-0.1, -0.05) is 56.5 Å². The molecule has 0 aliphatic carbocycles. The van der Waals surface area contributed by atoms with Crippen LogP contribution in [0.5, 0.6) is 0 Å². The van der Waals surface area contributed by atoms with Crippen LogP contribution in [0, 0.1) is 6.92 Å². The summed E-state index contributed by atoms with van der Waals surface area (Å²) in [6.07, 6.45) is 6.35. The molecule has 0 saturated carbocycles. The fraction of sp³-hybridized carbons (Fsp3) is 0.647. The highest BCUT2D eigenvalue weighted by Gasteiger charge is 1.94. The van der Waals surface area contributed by atoms with E-state index in [2.05, 4.69) is 38.1 Å². The molecule has 1 aromatic carbocycles. The van der Waals surface area contributed by atoms with E-state index in [1.54, 1.807) is 0 Å². The highest BCUT2D eigenvalue weighted by atomic mass is 16.5. The first-order valence-electron chi connectivity index (χ1n) is 7.46. The van der Waals surface area contributed by atoms with Gasteiger partial charge in [0.1, 0.15) is 0 Å². The zero-order valence-corrected chi connectivity index (χ0v) is 12.7. The molecule has 0 heterocycles. The van der Waals surface area contributed by atoms with Crippen LogP contribution in [-0.2, 0) is 11.2 Å². The number of benzene rings is 1. The van der Waals surface area contributed by atoms with Crippen LogP contribution in [-0.4, -0.2) is 13.2 Å². The van der Waals surface area contributed by atoms with Crippen LogP contribution >= 0.6 is 0 Å². The average Bonchev–Trinajstić information content (AvgIpc) is 2.40. The fourth-order valence-corrected chi connectivity index (χ4v) is 1.90. The third-order valence-electron chi connectivity index (χ3n) is 2.79. The van der Waals surface area contributed by atoms with Crippen molar-refractivity contribution in [2.75, 3.05) is 13.2 Å². The minimum atomic E-state index is 0.850. The number of hydrogen-bond donors (Lipinski definition) is 0. The lowest BCUT2D eigenvalue weighted by Crippen LogP contribution is -1.93. The highest BCUT2D eigenvalue weighted by molar-refractivity contribution is 5.22. The molecule has 0 aliphatic rings. The molecular formula is C17H30O. The van der Waals surface area contributed by atoms with Gasteiger partial charge in [-0.25, -0.2) is 0 Å². The van der Waals surface area contributed by atoms with Crippen molar-refractivity contribution in [3.05, 3.63) is 35.4 Å². The molecule has 0 radical (unpaired) electrons. The first-order chi connectivity index (χ1) is 8.83. The quantitative estimate of drug-likeness (QED) is 0.579. The maximum absolute atomic E-state index is 5.31. The van der Waals surface area contributed by atoms with Crippen LogP contribution < -0.4 is 0 Å². The second kappa shape index (κ2) is 12.6. The lowest BCUT2D eigenvalue weighted by Gasteiger charge is -2.03. The molecule has 1 rings (SSSR count). The molecule has 0 amide bonds. The van der Waals surface area contributed by atoms with Gasteiger partial charge < -0.3 is 4.74 Å². The largest absolute Gasteiger partial charge is 0.382 e. The number of rotatable bonds is 8. The highest BCUT2D eigenvalue weighted by Crippen LogP contribution is 2.09. The first kappa shape index (κ1) is 17.2. The second-order valence-electron chi connectivity index (χ2n) is 4.35. The third kappa shape index (κ3) is 9.23. The molecule has 1 nitrogen and oxygen atoms in total. The minimum Gasteiger partial charge on any atom is -0.382 e. The van der Waals surface area contributed by atoms with Gasteiger partial charge in [-0.05, 0) is 38.7 Å². The number of aryl methyl sites for hydroxylation is 2. The molecule has 0 aliphatic heterocycles. The number of hydrogen-bond acceptors (Lipinski definition) is 1. The molecule has 0 unspecified atom stereocenters. The number of unbranched alkanes of at least 4 members (excludes halogenated alkanes) is 3. The Morgan fingerprint density at radius 2 is 1.72 bits per heavy atom. The van der Waals surface area contributed by atoms with Crippen LogP contribution in [0.3, 0.4) is 0 Å². The smallest absolute Gasteiger partial charge is 0.0465 e. The Labute approximate surface area is 114 Å². The topological polar surface area (TPSA) is 9.23 Å². The lowest BCUT2D eigenvalue weighted by atomic mass is 10.0. The van der Waals surface area contributed by atoms with E-state index >= 15 is 0 Å². The van der Waals surface area contributed by atoms with E-state index < -0.39 is 0 Å². The molecule has 0 spiro atoms. The summed E-state index contributed by atoms with van der Waals surface area (Å²) in [5, 5.41) is 0. The predicted molar refractivity (Wildman–Crippen MR) is 81.2 cm³/mol. The van der Waals surface area contributed by atoms with Crippen LogP contribution in [0.1, 0.15) is 57.6 Å². The van der Waals surface area contributed by atoms with Crippen LogP contribution in [0.25, 0.3) is 0 Å². The van der Waals surface area contributed by atoms with Crippen LogP contribution in [0.2, 0.25) is 0 Å². The van der Waals surface area contributed by atoms with Crippen molar-refractivity contribution < 1.29 is 4.74 Å². The standard InChI is InChI=1S/C15H24O.C2H6/c1-3-16-12-7-5-4-6-10-15-11-8-9-14(2)13-15;1-2/h8-9,11,13H,3-7,10,12H2,1-2H3;1-2H3. The van der Waals surface area contributed by atoms with E-state index in [0.717, 1.165) is 13.2 Å². The predicted octanol–water partition coefficient (Wildman–Crippen LogP) is 5.16. The third-order valence-corrected chi connectivity index (χ3v) is 2.79. The zero-order chi connectivity index (χ0) is 13.6. The van der Waals surface area contributed by atoms with Gasteiger partial charge in [-0.15, -0.1) is 0 Å². The van der Waals surface area contributed by atoms with Crippen molar-refractivity contribution in [1.82, 2.24) is 0 Å². The minimum absolute atomic E-state index is 0.850. The summed E-state index contributed by atoms with van der Waals surface area (Å²) in [4.78, 5) is 0. The first-order valence-corrected chi connectivity index (χ1v) is 7.46. The maximum atomic E-state index is 5.31. The number of ether oxygens (including phenoxy) is 1. The summed E-state index contributed by atoms with van der Waals surface area (Å²) in [7, 11) is 0. The summed E-state index contributed by atoms with van der Waals surface area (Å²) < 4.78 is 5.31. The van der Waals surface area contributed by atoms with Crippen molar-refractivity contribution in [2.24, 2.45) is 0 Å². The van der Waals surface area contributed by atoms with Gasteiger partial charge in [0, 0.05) is 13.2 Å². The SMILES string of the molecule is CC.CCOCCCCCCc1cccc(C)c1. The van der Waals surface area contributed by atoms with Crippen molar-refractivity contribution >= 4 is 0 Å². The Hall–Kier alpha value is -0.820. The molecular weight excluding hydrogens is 220 g/mol. The molecule has 0 atom stereocenters. The van der Waals surface area contributed by atoms with Gasteiger partial charge in [-0.2, -0.15) is 0 Å². The summed E-state index contributed by atoms with van der Waals surface area (Å²) >= 11 is 0. The van der Waals surface area contributed by atoms with Gasteiger partial charge in [0.25, 0.3) is 0 Å². The molecule has 0 saturated heterocycles. The Morgan fingerprint density at radius 1 is 1.00 bits per heavy atom. The second-order valence-corrected chi connectivity index (χ2v) is 4.35. The summed E-state index contributed by atoms with van der Waals surface area (Å²) in [5.74, 6) is 0. The fourth-order valence-electron chi connectivity index (χ4n) is 1.90. The van der Waals surface area contributed by atoms with Gasteiger partial charge in [0.2, 0.25) is 0 Å². The van der Waals surface area contributed by atoms with Crippen molar-refractivity contribution in [3.63, 3.8) is 0 Å². The molecule has 104 valence electrons. The monoisotopic (exact) mass is 250 g/mol. The Morgan fingerprint density at radius 3 is 2.39 bits per heavy atom. The van der Waals surface area contributed by atoms with E-state index in [1.807, 2.05) is 13.8 Å². The molecule has 1 aromatic rings. The average molecular weight is 250 g/mol. The Kier molecular flexibility index (Phi) is 12.1. The van der Waals surface area contributed by atoms with Gasteiger partial charge in [0.15, 0.2) is 0 Å². The molecule has 0 fully saturated rings. The van der Waals surface area contributed by atoms with Crippen LogP contribution in [0.4, 0.5) is 0 Å². The summed E-state index contributed by atoms with van der Waals surface area (Å²) in [5.41, 5.74) is 2.85. The molecule has 1 heteroatoms. The van der Waals surface area contributed by atoms with E-state index in [1.165, 1.54) is 43.2 Å². The summed E-state index contributed by atoms with van der Waals surface area (Å²) in [6.45, 7) is 9.99. The zero-order valence-electron chi connectivity index (χ0n) is 12.7. The Bertz CT molecular complexity index is 281. The van der Waals surface area contributed by atoms with E-state index in [4.69, 9.17) is 4.74 Å². The van der Waals surface area contributed by atoms with E-state index in [0.29, 0.717) is 0 Å². The normalized spacial score (nSPS) is 9.78. The summed E-state index contributed by atoms with van der Waals surface area (Å²) in [6, 6.07) is 8.83. The van der Waals surface area contributed by atoms with Crippen LogP contribution in [0.15, 0.2) is 24.3 Å². The molecule has 18 heavy (non-hydrogen) atoms.